The van der Waals surface area contributed by atoms with Gasteiger partial charge in [-0.1, -0.05) is 19.8 Å². The second-order valence-electron chi connectivity index (χ2n) is 6.12. The molecule has 3 unspecified atom stereocenters. The molecule has 0 radical (unpaired) electrons. The molecule has 2 heterocycles. The number of nitrogens with one attached hydrogen (secondary N) is 1. The number of carbonyl (C=O) groups excluding carboxylic acids is 1. The predicted octanol–water partition coefficient (Wildman–Crippen LogP) is 1.81. The zero-order chi connectivity index (χ0) is 13.8. The van der Waals surface area contributed by atoms with E-state index in [-0.39, 0.29) is 12.2 Å². The summed E-state index contributed by atoms with van der Waals surface area (Å²) in [5.74, 6) is 0.304. The van der Waals surface area contributed by atoms with Crippen LogP contribution in [0.25, 0.3) is 0 Å². The maximum Gasteiger partial charge on any atom is 0.241 e. The second kappa shape index (κ2) is 6.71. The maximum atomic E-state index is 12.4. The Labute approximate surface area is 117 Å². The van der Waals surface area contributed by atoms with Gasteiger partial charge in [-0.2, -0.15) is 0 Å². The summed E-state index contributed by atoms with van der Waals surface area (Å²) >= 11 is 0. The van der Waals surface area contributed by atoms with Crippen molar-refractivity contribution in [3.63, 3.8) is 0 Å². The van der Waals surface area contributed by atoms with Crippen LogP contribution in [0.5, 0.6) is 0 Å². The molecule has 1 amide bonds. The minimum absolute atomic E-state index is 0.0496. The molecule has 2 aliphatic heterocycles. The smallest absolute Gasteiger partial charge is 0.241 e. The Hall–Kier alpha value is -0.610. The molecule has 0 aromatic heterocycles. The first-order valence-electron chi connectivity index (χ1n) is 7.94. The molecule has 19 heavy (non-hydrogen) atoms. The minimum Gasteiger partial charge on any atom is -0.325 e. The van der Waals surface area contributed by atoms with Gasteiger partial charge in [-0.25, -0.2) is 0 Å². The first kappa shape index (κ1) is 14.8. The van der Waals surface area contributed by atoms with Gasteiger partial charge < -0.3 is 4.90 Å². The van der Waals surface area contributed by atoms with Gasteiger partial charge in [0.05, 0.1) is 12.2 Å². The highest BCUT2D eigenvalue weighted by Gasteiger charge is 2.36. The normalized spacial score (nSPS) is 30.9. The summed E-state index contributed by atoms with van der Waals surface area (Å²) in [7, 11) is 0. The molecule has 0 spiro atoms. The van der Waals surface area contributed by atoms with Crippen LogP contribution >= 0.6 is 0 Å². The highest BCUT2D eigenvalue weighted by Crippen LogP contribution is 2.18. The van der Waals surface area contributed by atoms with Gasteiger partial charge in [-0.3, -0.25) is 15.0 Å². The van der Waals surface area contributed by atoms with Gasteiger partial charge in [0.15, 0.2) is 0 Å². The van der Waals surface area contributed by atoms with E-state index in [2.05, 4.69) is 31.0 Å². The Bertz CT molecular complexity index is 302. The molecule has 4 nitrogen and oxygen atoms in total. The lowest BCUT2D eigenvalue weighted by Gasteiger charge is -2.35. The van der Waals surface area contributed by atoms with Gasteiger partial charge in [0, 0.05) is 12.6 Å². The third kappa shape index (κ3) is 3.48. The van der Waals surface area contributed by atoms with Crippen molar-refractivity contribution in [2.24, 2.45) is 0 Å². The third-order valence-electron chi connectivity index (χ3n) is 4.54. The summed E-state index contributed by atoms with van der Waals surface area (Å²) in [6.07, 6.45) is 6.19. The van der Waals surface area contributed by atoms with Crippen LogP contribution in [0.1, 0.15) is 52.9 Å². The van der Waals surface area contributed by atoms with Crippen LogP contribution < -0.4 is 5.32 Å². The molecule has 0 saturated carbocycles. The Kier molecular flexibility index (Phi) is 5.22. The van der Waals surface area contributed by atoms with Crippen molar-refractivity contribution in [2.45, 2.75) is 71.1 Å². The van der Waals surface area contributed by atoms with E-state index in [9.17, 15) is 4.79 Å². The predicted molar refractivity (Wildman–Crippen MR) is 77.9 cm³/mol. The average Bonchev–Trinajstić information content (AvgIpc) is 2.68. The van der Waals surface area contributed by atoms with Gasteiger partial charge in [-0.15, -0.1) is 0 Å². The monoisotopic (exact) mass is 267 g/mol. The summed E-state index contributed by atoms with van der Waals surface area (Å²) in [6.45, 7) is 9.77. The fraction of sp³-hybridized carbons (Fsp3) is 0.933. The quantitative estimate of drug-likeness (QED) is 0.825. The number of likely N-dealkylation sites (tertiary alicyclic amines) is 1. The lowest BCUT2D eigenvalue weighted by molar-refractivity contribution is -0.130. The Balaban J connectivity index is 1.88. The lowest BCUT2D eigenvalue weighted by atomic mass is 10.1. The molecule has 1 N–H and O–H groups in total. The summed E-state index contributed by atoms with van der Waals surface area (Å²) in [5, 5.41) is 3.42. The largest absolute Gasteiger partial charge is 0.325 e. The van der Waals surface area contributed by atoms with E-state index in [4.69, 9.17) is 0 Å². The average molecular weight is 267 g/mol. The lowest BCUT2D eigenvalue weighted by Crippen LogP contribution is -2.47. The fourth-order valence-electron chi connectivity index (χ4n) is 3.35. The van der Waals surface area contributed by atoms with Crippen LogP contribution in [-0.4, -0.2) is 53.6 Å². The van der Waals surface area contributed by atoms with Crippen LogP contribution in [0, 0.1) is 0 Å². The Morgan fingerprint density at radius 3 is 2.63 bits per heavy atom. The van der Waals surface area contributed by atoms with Gasteiger partial charge in [0.2, 0.25) is 5.91 Å². The first-order valence-corrected chi connectivity index (χ1v) is 7.94. The molecule has 0 aromatic carbocycles. The van der Waals surface area contributed by atoms with Crippen LogP contribution in [0.4, 0.5) is 0 Å². The molecule has 0 aliphatic carbocycles. The SMILES string of the molecule is CCCC1NC(C)N(CC(C)N2CCCCC2)C1=O. The topological polar surface area (TPSA) is 35.6 Å². The number of hydrogen-bond acceptors (Lipinski definition) is 3. The number of rotatable bonds is 5. The molecule has 4 heteroatoms. The van der Waals surface area contributed by atoms with Crippen LogP contribution in [-0.2, 0) is 4.79 Å². The molecule has 0 bridgehead atoms. The summed E-state index contributed by atoms with van der Waals surface area (Å²) in [5.41, 5.74) is 0. The van der Waals surface area contributed by atoms with E-state index >= 15 is 0 Å². The van der Waals surface area contributed by atoms with Crippen molar-refractivity contribution in [3.8, 4) is 0 Å². The number of carbonyl (C=O) groups is 1. The standard InChI is InChI=1S/C15H29N3O/c1-4-8-14-15(19)18(13(3)16-14)11-12(2)17-9-6-5-7-10-17/h12-14,16H,4-11H2,1-3H3. The van der Waals surface area contributed by atoms with Crippen molar-refractivity contribution >= 4 is 5.91 Å². The number of hydrogen-bond donors (Lipinski definition) is 1. The molecule has 2 fully saturated rings. The zero-order valence-electron chi connectivity index (χ0n) is 12.7. The highest BCUT2D eigenvalue weighted by atomic mass is 16.2. The fourth-order valence-corrected chi connectivity index (χ4v) is 3.35. The molecule has 2 saturated heterocycles. The number of nitrogens with zero attached hydrogens (tertiary/aromatic N) is 2. The van der Waals surface area contributed by atoms with Gasteiger partial charge in [-0.05, 0) is 46.2 Å². The summed E-state index contributed by atoms with van der Waals surface area (Å²) in [4.78, 5) is 16.9. The van der Waals surface area contributed by atoms with Crippen molar-refractivity contribution in [3.05, 3.63) is 0 Å². The number of piperidine rings is 1. The Morgan fingerprint density at radius 1 is 1.32 bits per heavy atom. The molecule has 110 valence electrons. The van der Waals surface area contributed by atoms with E-state index in [1.165, 1.54) is 32.4 Å². The van der Waals surface area contributed by atoms with E-state index in [1.807, 2.05) is 4.90 Å². The van der Waals surface area contributed by atoms with Crippen LogP contribution in [0.15, 0.2) is 0 Å². The van der Waals surface area contributed by atoms with Crippen molar-refractivity contribution < 1.29 is 4.79 Å². The first-order chi connectivity index (χ1) is 9.13. The maximum absolute atomic E-state index is 12.4. The van der Waals surface area contributed by atoms with E-state index in [1.54, 1.807) is 0 Å². The molecular formula is C15H29N3O. The van der Waals surface area contributed by atoms with E-state index in [0.29, 0.717) is 11.9 Å². The van der Waals surface area contributed by atoms with Crippen molar-refractivity contribution in [1.82, 2.24) is 15.1 Å². The minimum atomic E-state index is 0.0496. The summed E-state index contributed by atoms with van der Waals surface area (Å²) < 4.78 is 0. The Morgan fingerprint density at radius 2 is 2.00 bits per heavy atom. The van der Waals surface area contributed by atoms with E-state index in [0.717, 1.165) is 19.4 Å². The molecule has 0 aromatic rings. The third-order valence-corrected chi connectivity index (χ3v) is 4.54. The van der Waals surface area contributed by atoms with Crippen LogP contribution in [0.2, 0.25) is 0 Å². The number of amides is 1. The molecular weight excluding hydrogens is 238 g/mol. The van der Waals surface area contributed by atoms with E-state index < -0.39 is 0 Å². The van der Waals surface area contributed by atoms with Gasteiger partial charge in [0.25, 0.3) is 0 Å². The van der Waals surface area contributed by atoms with Gasteiger partial charge >= 0.3 is 0 Å². The second-order valence-corrected chi connectivity index (χ2v) is 6.12. The molecule has 3 atom stereocenters. The summed E-state index contributed by atoms with van der Waals surface area (Å²) in [6, 6.07) is 0.530. The van der Waals surface area contributed by atoms with Crippen molar-refractivity contribution in [2.75, 3.05) is 19.6 Å². The molecule has 2 rings (SSSR count). The van der Waals surface area contributed by atoms with Crippen LogP contribution in [0.3, 0.4) is 0 Å². The molecule has 2 aliphatic rings. The highest BCUT2D eigenvalue weighted by molar-refractivity contribution is 5.84. The zero-order valence-corrected chi connectivity index (χ0v) is 12.7. The van der Waals surface area contributed by atoms with Gasteiger partial charge in [0.1, 0.15) is 0 Å². The van der Waals surface area contributed by atoms with Crippen molar-refractivity contribution in [1.29, 1.82) is 0 Å².